The molecule has 0 saturated carbocycles. The molecule has 2 heterocycles. The minimum Gasteiger partial charge on any atom is -0.480 e. The van der Waals surface area contributed by atoms with Gasteiger partial charge >= 0.3 is 5.97 Å². The summed E-state index contributed by atoms with van der Waals surface area (Å²) in [7, 11) is 0. The Morgan fingerprint density at radius 3 is 2.67 bits per heavy atom. The quantitative estimate of drug-likeness (QED) is 0.181. The lowest BCUT2D eigenvalue weighted by molar-refractivity contribution is -0.149. The van der Waals surface area contributed by atoms with Crippen LogP contribution >= 0.6 is 0 Å². The monoisotopic (exact) mass is 382 g/mol. The Kier molecular flexibility index (Phi) is 6.97. The van der Waals surface area contributed by atoms with Crippen LogP contribution in [-0.2, 0) is 19.2 Å². The number of carboxylic acid groups (broad SMARTS) is 1. The molecular formula is C16H26N6O5. The molecule has 2 aliphatic heterocycles. The Morgan fingerprint density at radius 2 is 2.07 bits per heavy atom. The average Bonchev–Trinajstić information content (AvgIpc) is 3.25. The highest BCUT2D eigenvalue weighted by atomic mass is 16.4. The smallest absolute Gasteiger partial charge is 0.326 e. The van der Waals surface area contributed by atoms with Crippen molar-refractivity contribution in [2.75, 3.05) is 13.1 Å². The summed E-state index contributed by atoms with van der Waals surface area (Å²) < 4.78 is 0. The van der Waals surface area contributed by atoms with Gasteiger partial charge in [-0.3, -0.25) is 19.4 Å². The number of carbonyl (C=O) groups excluding carboxylic acids is 3. The summed E-state index contributed by atoms with van der Waals surface area (Å²) in [5.41, 5.74) is 10.5. The van der Waals surface area contributed by atoms with Gasteiger partial charge in [-0.25, -0.2) is 4.79 Å². The molecule has 11 nitrogen and oxygen atoms in total. The molecule has 0 bridgehead atoms. The molecule has 7 N–H and O–H groups in total. The summed E-state index contributed by atoms with van der Waals surface area (Å²) in [4.78, 5) is 53.1. The van der Waals surface area contributed by atoms with Crippen LogP contribution in [0.2, 0.25) is 0 Å². The third-order valence-corrected chi connectivity index (χ3v) is 4.69. The molecule has 0 radical (unpaired) electrons. The van der Waals surface area contributed by atoms with Crippen molar-refractivity contribution in [1.82, 2.24) is 15.5 Å². The maximum absolute atomic E-state index is 12.9. The Labute approximate surface area is 156 Å². The van der Waals surface area contributed by atoms with Crippen LogP contribution in [0.15, 0.2) is 4.99 Å². The number of nitrogens with zero attached hydrogens (tertiary/aromatic N) is 2. The molecule has 3 atom stereocenters. The molecule has 11 heteroatoms. The van der Waals surface area contributed by atoms with Crippen LogP contribution in [0.4, 0.5) is 0 Å². The normalized spacial score (nSPS) is 22.8. The van der Waals surface area contributed by atoms with Crippen molar-refractivity contribution in [1.29, 1.82) is 0 Å². The van der Waals surface area contributed by atoms with Gasteiger partial charge in [0.2, 0.25) is 17.7 Å². The van der Waals surface area contributed by atoms with Crippen molar-refractivity contribution in [3.63, 3.8) is 0 Å². The van der Waals surface area contributed by atoms with E-state index < -0.39 is 35.9 Å². The highest BCUT2D eigenvalue weighted by molar-refractivity contribution is 5.95. The molecule has 2 rings (SSSR count). The summed E-state index contributed by atoms with van der Waals surface area (Å²) in [6.07, 6.45) is 2.28. The van der Waals surface area contributed by atoms with Gasteiger partial charge in [-0.15, -0.1) is 0 Å². The van der Waals surface area contributed by atoms with Gasteiger partial charge in [0.15, 0.2) is 5.96 Å². The van der Waals surface area contributed by atoms with Crippen LogP contribution in [0.1, 0.15) is 38.5 Å². The molecule has 0 aromatic rings. The second-order valence-electron chi connectivity index (χ2n) is 6.70. The number of hydrogen-bond donors (Lipinski definition) is 5. The van der Waals surface area contributed by atoms with E-state index in [1.165, 1.54) is 4.90 Å². The number of carboxylic acids is 1. The second-order valence-corrected chi connectivity index (χ2v) is 6.70. The third-order valence-electron chi connectivity index (χ3n) is 4.69. The van der Waals surface area contributed by atoms with E-state index in [0.717, 1.165) is 0 Å². The van der Waals surface area contributed by atoms with Gasteiger partial charge in [0.1, 0.15) is 18.1 Å². The van der Waals surface area contributed by atoms with E-state index in [1.807, 2.05) is 0 Å². The van der Waals surface area contributed by atoms with Crippen molar-refractivity contribution >= 4 is 29.7 Å². The summed E-state index contributed by atoms with van der Waals surface area (Å²) in [6.45, 7) is 0.612. The van der Waals surface area contributed by atoms with Crippen LogP contribution < -0.4 is 22.1 Å². The average molecular weight is 382 g/mol. The van der Waals surface area contributed by atoms with Gasteiger partial charge < -0.3 is 32.1 Å². The maximum atomic E-state index is 12.9. The molecule has 0 aromatic carbocycles. The Hall–Kier alpha value is -2.85. The number of guanidine groups is 1. The van der Waals surface area contributed by atoms with Gasteiger partial charge in [0.25, 0.3) is 0 Å². The van der Waals surface area contributed by atoms with Crippen molar-refractivity contribution in [2.45, 2.75) is 56.7 Å². The number of rotatable bonds is 8. The van der Waals surface area contributed by atoms with Gasteiger partial charge in [-0.1, -0.05) is 0 Å². The standard InChI is InChI=1S/C16H26N6O5/c17-16(18)19-7-1-3-10(21-13(24)9-5-6-12(23)20-9)14(25)22-8-2-4-11(22)15(26)27/h9-11H,1-8H2,(H,20,23)(H,21,24)(H,26,27)(H4,17,18,19)/t9-,10-,11-/m0/s1. The first-order valence-corrected chi connectivity index (χ1v) is 8.98. The largest absolute Gasteiger partial charge is 0.480 e. The lowest BCUT2D eigenvalue weighted by Crippen LogP contribution is -2.54. The van der Waals surface area contributed by atoms with Crippen LogP contribution in [0, 0.1) is 0 Å². The van der Waals surface area contributed by atoms with E-state index in [2.05, 4.69) is 15.6 Å². The lowest BCUT2D eigenvalue weighted by atomic mass is 10.1. The Balaban J connectivity index is 2.04. The third kappa shape index (κ3) is 5.56. The molecule has 0 spiro atoms. The fourth-order valence-electron chi connectivity index (χ4n) is 3.33. The Bertz CT molecular complexity index is 633. The van der Waals surface area contributed by atoms with Crippen LogP contribution in [-0.4, -0.2) is 70.9 Å². The highest BCUT2D eigenvalue weighted by Crippen LogP contribution is 2.20. The minimum absolute atomic E-state index is 0.0685. The first-order valence-electron chi connectivity index (χ1n) is 8.98. The zero-order valence-electron chi connectivity index (χ0n) is 15.0. The summed E-state index contributed by atoms with van der Waals surface area (Å²) >= 11 is 0. The fourth-order valence-corrected chi connectivity index (χ4v) is 3.33. The first-order chi connectivity index (χ1) is 12.8. The van der Waals surface area contributed by atoms with E-state index in [1.54, 1.807) is 0 Å². The number of aliphatic imine (C=N–C) groups is 1. The number of aliphatic carboxylic acids is 1. The zero-order chi connectivity index (χ0) is 20.0. The van der Waals surface area contributed by atoms with E-state index in [-0.39, 0.29) is 31.3 Å². The van der Waals surface area contributed by atoms with E-state index in [9.17, 15) is 24.3 Å². The number of likely N-dealkylation sites (tertiary alicyclic amines) is 1. The van der Waals surface area contributed by atoms with E-state index >= 15 is 0 Å². The zero-order valence-corrected chi connectivity index (χ0v) is 15.0. The van der Waals surface area contributed by atoms with Gasteiger partial charge in [-0.2, -0.15) is 0 Å². The van der Waals surface area contributed by atoms with Crippen LogP contribution in [0.3, 0.4) is 0 Å². The predicted octanol–water partition coefficient (Wildman–Crippen LogP) is -2.12. The molecule has 2 saturated heterocycles. The van der Waals surface area contributed by atoms with E-state index in [4.69, 9.17) is 11.5 Å². The van der Waals surface area contributed by atoms with Crippen LogP contribution in [0.5, 0.6) is 0 Å². The molecule has 0 aromatic heterocycles. The highest BCUT2D eigenvalue weighted by Gasteiger charge is 2.38. The molecular weight excluding hydrogens is 356 g/mol. The van der Waals surface area contributed by atoms with Crippen molar-refractivity contribution in [2.24, 2.45) is 16.5 Å². The topological polar surface area (TPSA) is 180 Å². The molecule has 2 fully saturated rings. The van der Waals surface area contributed by atoms with Crippen molar-refractivity contribution in [3.05, 3.63) is 0 Å². The van der Waals surface area contributed by atoms with Crippen molar-refractivity contribution < 1.29 is 24.3 Å². The van der Waals surface area contributed by atoms with Gasteiger partial charge in [0.05, 0.1) is 0 Å². The second kappa shape index (κ2) is 9.19. The number of nitrogens with two attached hydrogens (primary N) is 2. The SMILES string of the molecule is NC(N)=NCCC[C@H](NC(=O)[C@@H]1CCC(=O)N1)C(=O)N1CCC[C@H]1C(=O)O. The first kappa shape index (κ1) is 20.5. The fraction of sp³-hybridized carbons (Fsp3) is 0.688. The number of hydrogen-bond acceptors (Lipinski definition) is 5. The van der Waals surface area contributed by atoms with Crippen LogP contribution in [0.25, 0.3) is 0 Å². The summed E-state index contributed by atoms with van der Waals surface area (Å²) in [6, 6.07) is -2.47. The number of carbonyl (C=O) groups is 4. The molecule has 0 aliphatic carbocycles. The number of nitrogens with one attached hydrogen (secondary N) is 2. The molecule has 3 amide bonds. The molecule has 2 aliphatic rings. The predicted molar refractivity (Wildman–Crippen MR) is 95.4 cm³/mol. The molecule has 27 heavy (non-hydrogen) atoms. The Morgan fingerprint density at radius 1 is 1.33 bits per heavy atom. The van der Waals surface area contributed by atoms with Crippen molar-refractivity contribution in [3.8, 4) is 0 Å². The summed E-state index contributed by atoms with van der Waals surface area (Å²) in [5, 5.41) is 14.5. The minimum atomic E-state index is -1.06. The summed E-state index contributed by atoms with van der Waals surface area (Å²) in [5.74, 6) is -2.23. The number of amides is 3. The van der Waals surface area contributed by atoms with E-state index in [0.29, 0.717) is 32.2 Å². The molecule has 0 unspecified atom stereocenters. The lowest BCUT2D eigenvalue weighted by Gasteiger charge is -2.28. The molecule has 150 valence electrons. The van der Waals surface area contributed by atoms with Gasteiger partial charge in [0, 0.05) is 19.5 Å². The maximum Gasteiger partial charge on any atom is 0.326 e. The van der Waals surface area contributed by atoms with Gasteiger partial charge in [-0.05, 0) is 32.1 Å².